The van der Waals surface area contributed by atoms with E-state index in [-0.39, 0.29) is 21.6 Å². The molecule has 0 aliphatic carbocycles. The van der Waals surface area contributed by atoms with Crippen molar-refractivity contribution in [2.45, 2.75) is 19.8 Å². The van der Waals surface area contributed by atoms with Crippen LogP contribution in [0, 0.1) is 0 Å². The quantitative estimate of drug-likeness (QED) is 0.397. The Morgan fingerprint density at radius 2 is 2.29 bits per heavy atom. The van der Waals surface area contributed by atoms with Crippen LogP contribution in [0.2, 0.25) is 0 Å². The molecule has 1 nitrogen and oxygen atoms in total. The van der Waals surface area contributed by atoms with E-state index in [1.165, 1.54) is 17.3 Å². The van der Waals surface area contributed by atoms with Gasteiger partial charge in [0, 0.05) is 0 Å². The predicted octanol–water partition coefficient (Wildman–Crippen LogP) is 2.05. The van der Waals surface area contributed by atoms with Crippen LogP contribution >= 0.6 is 21.6 Å². The molecule has 0 aromatic rings. The Labute approximate surface area is 56.2 Å². The summed E-state index contributed by atoms with van der Waals surface area (Å²) in [5.41, 5.74) is 0. The molecule has 0 aliphatic rings. The van der Waals surface area contributed by atoms with Gasteiger partial charge in [-0.1, -0.05) is 0 Å². The van der Waals surface area contributed by atoms with E-state index in [9.17, 15) is 0 Å². The second-order valence-electron chi connectivity index (χ2n) is 1.34. The van der Waals surface area contributed by atoms with Crippen LogP contribution in [0.5, 0.6) is 0 Å². The number of hydrogen-bond acceptors (Lipinski definition) is 1. The van der Waals surface area contributed by atoms with E-state index in [1.807, 2.05) is 0 Å². The first-order chi connectivity index (χ1) is 3.41. The van der Waals surface area contributed by atoms with Crippen molar-refractivity contribution in [3.8, 4) is 0 Å². The van der Waals surface area contributed by atoms with Crippen LogP contribution in [0.4, 0.5) is 0 Å². The second-order valence-corrected chi connectivity index (χ2v) is 4.13. The van der Waals surface area contributed by atoms with Crippen LogP contribution in [0.25, 0.3) is 0 Å². The fourth-order valence-electron chi connectivity index (χ4n) is 0.287. The van der Waals surface area contributed by atoms with E-state index >= 15 is 0 Å². The second kappa shape index (κ2) is 6.69. The first kappa shape index (κ1) is 7.69. The van der Waals surface area contributed by atoms with Gasteiger partial charge in [-0.2, -0.15) is 0 Å². The van der Waals surface area contributed by atoms with Crippen LogP contribution in [0.1, 0.15) is 19.8 Å². The van der Waals surface area contributed by atoms with E-state index < -0.39 is 0 Å². The Balaban J connectivity index is 2.45. The Bertz CT molecular complexity index is 27.3. The fourth-order valence-corrected chi connectivity index (χ4v) is 1.92. The van der Waals surface area contributed by atoms with Gasteiger partial charge in [-0.05, 0) is 0 Å². The van der Waals surface area contributed by atoms with Crippen molar-refractivity contribution in [3.63, 3.8) is 0 Å². The molecule has 0 saturated carbocycles. The Morgan fingerprint density at radius 1 is 1.57 bits per heavy atom. The molecular weight excluding hydrogens is 203 g/mol. The third-order valence-electron chi connectivity index (χ3n) is 0.699. The SMILES string of the molecule is CCCC[IH]OC. The summed E-state index contributed by atoms with van der Waals surface area (Å²) < 4.78 is 6.32. The molecule has 0 aromatic heterocycles. The van der Waals surface area contributed by atoms with Crippen LogP contribution < -0.4 is 0 Å². The molecule has 0 aromatic carbocycles. The molecule has 0 bridgehead atoms. The first-order valence-corrected chi connectivity index (χ1v) is 5.17. The van der Waals surface area contributed by atoms with Crippen LogP contribution in [-0.2, 0) is 3.07 Å². The zero-order valence-electron chi connectivity index (χ0n) is 4.94. The summed E-state index contributed by atoms with van der Waals surface area (Å²) in [7, 11) is 1.80. The van der Waals surface area contributed by atoms with Gasteiger partial charge in [0.25, 0.3) is 0 Å². The number of alkyl halides is 1. The molecule has 0 radical (unpaired) electrons. The third kappa shape index (κ3) is 6.69. The van der Waals surface area contributed by atoms with Crippen molar-refractivity contribution < 1.29 is 3.07 Å². The van der Waals surface area contributed by atoms with Gasteiger partial charge in [-0.15, -0.1) is 0 Å². The van der Waals surface area contributed by atoms with E-state index in [2.05, 4.69) is 6.92 Å². The van der Waals surface area contributed by atoms with Crippen LogP contribution in [0.3, 0.4) is 0 Å². The van der Waals surface area contributed by atoms with Crippen molar-refractivity contribution >= 4 is 21.6 Å². The molecule has 0 heterocycles. The van der Waals surface area contributed by atoms with Crippen molar-refractivity contribution in [1.82, 2.24) is 0 Å². The van der Waals surface area contributed by atoms with E-state index in [0.717, 1.165) is 0 Å². The monoisotopic (exact) mass is 216 g/mol. The van der Waals surface area contributed by atoms with Crippen molar-refractivity contribution in [1.29, 1.82) is 0 Å². The zero-order chi connectivity index (χ0) is 5.54. The summed E-state index contributed by atoms with van der Waals surface area (Å²) in [6.07, 6.45) is 2.67. The molecule has 7 heavy (non-hydrogen) atoms. The number of hydrogen-bond donors (Lipinski definition) is 0. The summed E-state index contributed by atoms with van der Waals surface area (Å²) in [5.74, 6) is 0. The van der Waals surface area contributed by atoms with Crippen molar-refractivity contribution in [2.75, 3.05) is 11.5 Å². The molecule has 0 amide bonds. The maximum atomic E-state index is 4.97. The normalized spacial score (nSPS) is 10.0. The molecule has 0 aliphatic heterocycles. The summed E-state index contributed by atoms with van der Waals surface area (Å²) in [4.78, 5) is 0. The average Bonchev–Trinajstić information content (AvgIpc) is 1.69. The van der Waals surface area contributed by atoms with Gasteiger partial charge in [0.1, 0.15) is 0 Å². The standard InChI is InChI=1S/C5H13IO/c1-3-4-5-6-7-2/h6H,3-5H2,1-2H3. The minimum atomic E-state index is -0.0244. The van der Waals surface area contributed by atoms with E-state index in [4.69, 9.17) is 3.07 Å². The van der Waals surface area contributed by atoms with Gasteiger partial charge >= 0.3 is 56.0 Å². The summed E-state index contributed by atoms with van der Waals surface area (Å²) in [5, 5.41) is 0. The van der Waals surface area contributed by atoms with Gasteiger partial charge in [0.05, 0.1) is 0 Å². The number of unbranched alkanes of at least 4 members (excludes halogenated alkanes) is 1. The maximum absolute atomic E-state index is 4.97. The van der Waals surface area contributed by atoms with Gasteiger partial charge in [-0.3, -0.25) is 0 Å². The average molecular weight is 216 g/mol. The van der Waals surface area contributed by atoms with Gasteiger partial charge < -0.3 is 0 Å². The molecule has 0 spiro atoms. The Hall–Kier alpha value is 0.690. The van der Waals surface area contributed by atoms with Crippen molar-refractivity contribution in [2.24, 2.45) is 0 Å². The minimum absolute atomic E-state index is 0.0244. The molecule has 0 unspecified atom stereocenters. The summed E-state index contributed by atoms with van der Waals surface area (Å²) >= 11 is -0.0244. The number of rotatable bonds is 4. The van der Waals surface area contributed by atoms with Crippen molar-refractivity contribution in [3.05, 3.63) is 0 Å². The molecule has 46 valence electrons. The molecule has 0 saturated heterocycles. The van der Waals surface area contributed by atoms with Gasteiger partial charge in [0.15, 0.2) is 0 Å². The molecule has 0 N–H and O–H groups in total. The van der Waals surface area contributed by atoms with E-state index in [0.29, 0.717) is 0 Å². The molecular formula is C5H13IO. The summed E-state index contributed by atoms with van der Waals surface area (Å²) in [6.45, 7) is 2.21. The summed E-state index contributed by atoms with van der Waals surface area (Å²) in [6, 6.07) is 0. The van der Waals surface area contributed by atoms with Gasteiger partial charge in [0.2, 0.25) is 0 Å². The zero-order valence-corrected chi connectivity index (χ0v) is 7.27. The first-order valence-electron chi connectivity index (χ1n) is 2.57. The topological polar surface area (TPSA) is 9.23 Å². The molecule has 0 atom stereocenters. The molecule has 0 rings (SSSR count). The molecule has 2 heteroatoms. The molecule has 0 fully saturated rings. The van der Waals surface area contributed by atoms with Gasteiger partial charge in [-0.25, -0.2) is 0 Å². The fraction of sp³-hybridized carbons (Fsp3) is 1.00. The Kier molecular flexibility index (Phi) is 7.35. The third-order valence-corrected chi connectivity index (χ3v) is 2.67. The van der Waals surface area contributed by atoms with Crippen LogP contribution in [-0.4, -0.2) is 11.5 Å². The van der Waals surface area contributed by atoms with Crippen LogP contribution in [0.15, 0.2) is 0 Å². The Morgan fingerprint density at radius 3 is 2.71 bits per heavy atom. The van der Waals surface area contributed by atoms with E-state index in [1.54, 1.807) is 7.11 Å². The predicted molar refractivity (Wildman–Crippen MR) is 42.2 cm³/mol. The number of halogens is 1.